The highest BCUT2D eigenvalue weighted by atomic mass is 32.2. The van der Waals surface area contributed by atoms with E-state index in [1.165, 1.54) is 36.8 Å². The molecule has 4 fully saturated rings. The van der Waals surface area contributed by atoms with Crippen molar-refractivity contribution in [1.82, 2.24) is 24.6 Å². The van der Waals surface area contributed by atoms with Gasteiger partial charge in [-0.15, -0.1) is 0 Å². The number of carbonyl (C=O) groups excluding carboxylic acids is 1. The molecule has 3 aromatic heterocycles. The van der Waals surface area contributed by atoms with Crippen LogP contribution in [0, 0.1) is 21.4 Å². The molecule has 2 aromatic carbocycles. The summed E-state index contributed by atoms with van der Waals surface area (Å²) in [4.78, 5) is 44.4. The summed E-state index contributed by atoms with van der Waals surface area (Å²) in [5.41, 5.74) is 5.64. The van der Waals surface area contributed by atoms with Gasteiger partial charge in [-0.25, -0.2) is 18.1 Å². The van der Waals surface area contributed by atoms with Crippen LogP contribution in [0.25, 0.3) is 11.0 Å². The minimum atomic E-state index is -4.61. The number of nitrogens with one attached hydrogen (secondary N) is 3. The number of aromatic nitrogens is 3. The van der Waals surface area contributed by atoms with Crippen molar-refractivity contribution in [3.63, 3.8) is 0 Å². The number of nitrogens with zero attached hydrogens (tertiary/aromatic N) is 6. The van der Waals surface area contributed by atoms with Crippen molar-refractivity contribution < 1.29 is 27.6 Å². The standard InChI is InChI=1S/C48H57N9O7S/c1-31(2)37-6-3-4-7-38(37)40-8-5-17-55(40)35-27-48(28-35)14-18-54(19-15-48)34-9-10-39(41(25-34)56-20-23-64-47-43(56)24-33-11-16-49-44(33)52-47)46(58)53-65(61,62)36-26-42(57(59)60)45(51-30-36)50-29-32-12-21-63-22-13-32/h3-4,6-7,9-11,16,24-26,30-32,35,40H,5,8,12-15,17-23,27-29H2,1-2H3,(H,49,52)(H,50,51)(H,53,58)/t40-/m1/s1. The molecule has 0 radical (unpaired) electrons. The van der Waals surface area contributed by atoms with Gasteiger partial charge in [0.2, 0.25) is 11.7 Å². The van der Waals surface area contributed by atoms with Crippen LogP contribution in [-0.4, -0.2) is 97.7 Å². The Morgan fingerprint density at radius 3 is 2.57 bits per heavy atom. The number of pyridine rings is 2. The van der Waals surface area contributed by atoms with E-state index in [1.807, 2.05) is 29.2 Å². The largest absolute Gasteiger partial charge is 0.474 e. The first kappa shape index (κ1) is 43.1. The van der Waals surface area contributed by atoms with Crippen molar-refractivity contribution in [2.45, 2.75) is 88.1 Å². The Bertz CT molecular complexity index is 2700. The zero-order valence-electron chi connectivity index (χ0n) is 37.0. The molecule has 3 saturated heterocycles. The Morgan fingerprint density at radius 1 is 0.985 bits per heavy atom. The molecule has 0 bridgehead atoms. The molecule has 16 nitrogen and oxygen atoms in total. The van der Waals surface area contributed by atoms with Gasteiger partial charge in [-0.3, -0.25) is 19.8 Å². The SMILES string of the molecule is CC(C)c1ccccc1[C@H]1CCCN1C1CC2(CCN(c3ccc(C(=O)NS(=O)(=O)c4cnc(NCC5CCOCC5)c([N+](=O)[O-])c4)c(N4CCOc5nc6[nH]ccc6cc54)c3)CC2)C1. The molecule has 1 spiro atoms. The van der Waals surface area contributed by atoms with E-state index in [-0.39, 0.29) is 23.9 Å². The Kier molecular flexibility index (Phi) is 11.6. The van der Waals surface area contributed by atoms with E-state index in [1.54, 1.807) is 12.3 Å². The molecule has 342 valence electrons. The molecule has 5 aliphatic rings. The molecule has 1 aliphatic carbocycles. The van der Waals surface area contributed by atoms with Gasteiger partial charge < -0.3 is 29.6 Å². The van der Waals surface area contributed by atoms with Gasteiger partial charge >= 0.3 is 5.69 Å². The maximum absolute atomic E-state index is 14.3. The van der Waals surface area contributed by atoms with Crippen LogP contribution in [0.1, 0.15) is 98.7 Å². The highest BCUT2D eigenvalue weighted by molar-refractivity contribution is 7.90. The number of sulfonamides is 1. The van der Waals surface area contributed by atoms with Crippen molar-refractivity contribution in [3.05, 3.63) is 99.9 Å². The number of hydrogen-bond donors (Lipinski definition) is 3. The number of likely N-dealkylation sites (tertiary alicyclic amines) is 1. The number of benzene rings is 2. The van der Waals surface area contributed by atoms with Crippen molar-refractivity contribution in [2.24, 2.45) is 11.3 Å². The maximum atomic E-state index is 14.3. The van der Waals surface area contributed by atoms with Gasteiger partial charge in [0.05, 0.1) is 28.9 Å². The van der Waals surface area contributed by atoms with Gasteiger partial charge in [-0.1, -0.05) is 38.1 Å². The quantitative estimate of drug-likeness (QED) is 0.0807. The predicted octanol–water partition coefficient (Wildman–Crippen LogP) is 8.06. The summed E-state index contributed by atoms with van der Waals surface area (Å²) in [6, 6.07) is 20.4. The normalized spacial score (nSPS) is 20.4. The molecule has 10 rings (SSSR count). The fourth-order valence-electron chi connectivity index (χ4n) is 11.0. The minimum Gasteiger partial charge on any atom is -0.474 e. The minimum absolute atomic E-state index is 0.0370. The third kappa shape index (κ3) is 8.49. The second kappa shape index (κ2) is 17.5. The number of nitro groups is 1. The number of aromatic amines is 1. The fourth-order valence-corrected chi connectivity index (χ4v) is 11.9. The molecule has 5 aromatic rings. The van der Waals surface area contributed by atoms with Crippen LogP contribution in [0.15, 0.2) is 78.0 Å². The first-order valence-electron chi connectivity index (χ1n) is 23.1. The van der Waals surface area contributed by atoms with Gasteiger partial charge in [0.25, 0.3) is 15.9 Å². The van der Waals surface area contributed by atoms with Gasteiger partial charge in [0.15, 0.2) is 0 Å². The molecule has 3 N–H and O–H groups in total. The van der Waals surface area contributed by atoms with Crippen LogP contribution >= 0.6 is 0 Å². The molecule has 1 amide bonds. The number of piperidine rings is 1. The average Bonchev–Trinajstić information content (AvgIpc) is 3.99. The zero-order chi connectivity index (χ0) is 44.9. The number of rotatable bonds is 12. The topological polar surface area (TPSA) is 188 Å². The van der Waals surface area contributed by atoms with Crippen LogP contribution in [-0.2, 0) is 14.8 Å². The summed E-state index contributed by atoms with van der Waals surface area (Å²) < 4.78 is 41.4. The number of carbonyl (C=O) groups is 1. The number of H-pyrrole nitrogens is 1. The number of fused-ring (bicyclic) bond motifs is 2. The first-order valence-corrected chi connectivity index (χ1v) is 24.6. The summed E-state index contributed by atoms with van der Waals surface area (Å²) in [6.07, 6.45) is 11.4. The average molecular weight is 904 g/mol. The summed E-state index contributed by atoms with van der Waals surface area (Å²) in [5, 5.41) is 16.0. The molecule has 65 heavy (non-hydrogen) atoms. The van der Waals surface area contributed by atoms with Gasteiger partial charge in [0, 0.05) is 68.3 Å². The highest BCUT2D eigenvalue weighted by Gasteiger charge is 2.50. The molecule has 17 heteroatoms. The Hall–Kier alpha value is -5.78. The van der Waals surface area contributed by atoms with Crippen LogP contribution in [0.3, 0.4) is 0 Å². The van der Waals surface area contributed by atoms with Crippen LogP contribution in [0.5, 0.6) is 5.88 Å². The van der Waals surface area contributed by atoms with Gasteiger partial charge in [0.1, 0.15) is 22.8 Å². The third-order valence-corrected chi connectivity index (χ3v) is 15.9. The maximum Gasteiger partial charge on any atom is 0.312 e. The van der Waals surface area contributed by atoms with Crippen LogP contribution < -0.4 is 24.6 Å². The molecular formula is C48H57N9O7S. The Balaban J connectivity index is 0.885. The van der Waals surface area contributed by atoms with E-state index < -0.39 is 31.4 Å². The second-order valence-corrected chi connectivity index (χ2v) is 20.5. The molecular weight excluding hydrogens is 847 g/mol. The molecule has 1 saturated carbocycles. The fraction of sp³-hybridized carbons (Fsp3) is 0.479. The van der Waals surface area contributed by atoms with E-state index in [0.29, 0.717) is 72.6 Å². The molecule has 7 heterocycles. The van der Waals surface area contributed by atoms with E-state index in [4.69, 9.17) is 14.5 Å². The van der Waals surface area contributed by atoms with Crippen molar-refractivity contribution >= 4 is 55.5 Å². The summed E-state index contributed by atoms with van der Waals surface area (Å²) >= 11 is 0. The predicted molar refractivity (Wildman–Crippen MR) is 249 cm³/mol. The first-order chi connectivity index (χ1) is 31.4. The summed E-state index contributed by atoms with van der Waals surface area (Å²) in [6.45, 7) is 9.79. The van der Waals surface area contributed by atoms with Gasteiger partial charge in [-0.2, -0.15) is 4.98 Å². The summed E-state index contributed by atoms with van der Waals surface area (Å²) in [7, 11) is -4.61. The van der Waals surface area contributed by atoms with Crippen LogP contribution in [0.4, 0.5) is 28.6 Å². The van der Waals surface area contributed by atoms with Crippen LogP contribution in [0.2, 0.25) is 0 Å². The number of hydrogen-bond acceptors (Lipinski definition) is 13. The van der Waals surface area contributed by atoms with E-state index in [9.17, 15) is 23.3 Å². The Morgan fingerprint density at radius 2 is 1.78 bits per heavy atom. The van der Waals surface area contributed by atoms with Gasteiger partial charge in [-0.05, 0) is 117 Å². The van der Waals surface area contributed by atoms with Crippen molar-refractivity contribution in [2.75, 3.05) is 67.7 Å². The molecule has 0 unspecified atom stereocenters. The smallest absolute Gasteiger partial charge is 0.312 e. The lowest BCUT2D eigenvalue weighted by atomic mass is 9.59. The number of anilines is 4. The second-order valence-electron chi connectivity index (χ2n) is 18.8. The lowest BCUT2D eigenvalue weighted by Crippen LogP contribution is -2.55. The van der Waals surface area contributed by atoms with Crippen molar-refractivity contribution in [1.29, 1.82) is 0 Å². The molecule has 1 atom stereocenters. The van der Waals surface area contributed by atoms with Crippen molar-refractivity contribution in [3.8, 4) is 5.88 Å². The number of ether oxygens (including phenoxy) is 2. The van der Waals surface area contributed by atoms with E-state index in [0.717, 1.165) is 68.7 Å². The monoisotopic (exact) mass is 903 g/mol. The summed E-state index contributed by atoms with van der Waals surface area (Å²) in [5.74, 6) is 0.214. The van der Waals surface area contributed by atoms with E-state index in [2.05, 4.69) is 67.9 Å². The highest BCUT2D eigenvalue weighted by Crippen LogP contribution is 2.54. The number of amides is 1. The third-order valence-electron chi connectivity index (χ3n) is 14.6. The van der Waals surface area contributed by atoms with E-state index >= 15 is 0 Å². The lowest BCUT2D eigenvalue weighted by Gasteiger charge is -2.56. The Labute approximate surface area is 379 Å². The zero-order valence-corrected chi connectivity index (χ0v) is 37.8. The lowest BCUT2D eigenvalue weighted by molar-refractivity contribution is -0.384. The molecule has 4 aliphatic heterocycles.